The van der Waals surface area contributed by atoms with E-state index >= 15 is 0 Å². The molecule has 1 N–H and O–H groups in total. The van der Waals surface area contributed by atoms with Gasteiger partial charge in [-0.25, -0.2) is 0 Å². The zero-order chi connectivity index (χ0) is 9.26. The molecule has 0 amide bonds. The summed E-state index contributed by atoms with van der Waals surface area (Å²) >= 11 is 0. The van der Waals surface area contributed by atoms with Crippen molar-refractivity contribution in [3.05, 3.63) is 5.82 Å². The van der Waals surface area contributed by atoms with Crippen molar-refractivity contribution in [2.24, 2.45) is 13.0 Å². The lowest BCUT2D eigenvalue weighted by Gasteiger charge is -2.25. The van der Waals surface area contributed by atoms with Gasteiger partial charge in [0, 0.05) is 12.5 Å². The highest BCUT2D eigenvalue weighted by atomic mass is 15.6. The summed E-state index contributed by atoms with van der Waals surface area (Å²) in [5, 5.41) is 15.5. The fourth-order valence-electron chi connectivity index (χ4n) is 1.82. The van der Waals surface area contributed by atoms with Crippen LogP contribution in [0.4, 0.5) is 0 Å². The van der Waals surface area contributed by atoms with Crippen molar-refractivity contribution in [3.8, 4) is 0 Å². The van der Waals surface area contributed by atoms with Crippen LogP contribution in [0.15, 0.2) is 0 Å². The molecule has 0 radical (unpaired) electrons. The van der Waals surface area contributed by atoms with Gasteiger partial charge in [0.15, 0.2) is 5.82 Å². The smallest absolute Gasteiger partial charge is 0.179 e. The van der Waals surface area contributed by atoms with Crippen LogP contribution >= 0.6 is 0 Å². The Morgan fingerprint density at radius 2 is 2.31 bits per heavy atom. The minimum Gasteiger partial charge on any atom is -0.316 e. The van der Waals surface area contributed by atoms with Crippen LogP contribution in [0, 0.1) is 5.92 Å². The molecule has 2 heterocycles. The van der Waals surface area contributed by atoms with Crippen molar-refractivity contribution in [2.45, 2.75) is 19.3 Å². The number of tetrazole rings is 1. The first kappa shape index (κ1) is 8.62. The lowest BCUT2D eigenvalue weighted by atomic mass is 9.91. The van der Waals surface area contributed by atoms with Crippen LogP contribution in [0.2, 0.25) is 0 Å². The van der Waals surface area contributed by atoms with Crippen LogP contribution in [-0.2, 0) is 7.05 Å². The molecule has 1 aromatic heterocycles. The van der Waals surface area contributed by atoms with Crippen LogP contribution in [0.1, 0.15) is 25.1 Å². The van der Waals surface area contributed by atoms with E-state index in [-0.39, 0.29) is 0 Å². The largest absolute Gasteiger partial charge is 0.316 e. The third-order valence-corrected chi connectivity index (χ3v) is 2.46. The molecule has 1 fully saturated rings. The van der Waals surface area contributed by atoms with E-state index in [0.29, 0.717) is 11.8 Å². The van der Waals surface area contributed by atoms with E-state index < -0.39 is 0 Å². The summed E-state index contributed by atoms with van der Waals surface area (Å²) in [6.07, 6.45) is 1.17. The number of piperidine rings is 1. The van der Waals surface area contributed by atoms with Gasteiger partial charge in [0.05, 0.1) is 7.05 Å². The molecule has 72 valence electrons. The molecule has 0 saturated carbocycles. The zero-order valence-corrected chi connectivity index (χ0v) is 8.06. The summed E-state index contributed by atoms with van der Waals surface area (Å²) in [5.41, 5.74) is 0. The number of aryl methyl sites for hydroxylation is 1. The van der Waals surface area contributed by atoms with Crippen molar-refractivity contribution in [1.29, 1.82) is 0 Å². The first-order chi connectivity index (χ1) is 6.25. The van der Waals surface area contributed by atoms with Crippen molar-refractivity contribution in [2.75, 3.05) is 13.1 Å². The highest BCUT2D eigenvalue weighted by Crippen LogP contribution is 2.22. The van der Waals surface area contributed by atoms with Gasteiger partial charge in [0.2, 0.25) is 0 Å². The predicted molar refractivity (Wildman–Crippen MR) is 48.2 cm³/mol. The van der Waals surface area contributed by atoms with Gasteiger partial charge in [-0.1, -0.05) is 6.92 Å². The summed E-state index contributed by atoms with van der Waals surface area (Å²) in [6, 6.07) is 0. The summed E-state index contributed by atoms with van der Waals surface area (Å²) in [5.74, 6) is 2.03. The molecule has 13 heavy (non-hydrogen) atoms. The molecule has 1 aromatic rings. The molecule has 1 aliphatic rings. The predicted octanol–water partition coefficient (Wildman–Crippen LogP) is -0.0769. The molecular weight excluding hydrogens is 166 g/mol. The van der Waals surface area contributed by atoms with Gasteiger partial charge in [0.25, 0.3) is 0 Å². The average Bonchev–Trinajstić information content (AvgIpc) is 2.52. The Balaban J connectivity index is 2.08. The molecular formula is C8H15N5. The van der Waals surface area contributed by atoms with Crippen LogP contribution in [0.5, 0.6) is 0 Å². The Kier molecular flexibility index (Phi) is 2.26. The summed E-state index contributed by atoms with van der Waals surface area (Å²) in [7, 11) is 1.80. The highest BCUT2D eigenvalue weighted by Gasteiger charge is 2.23. The first-order valence-corrected chi connectivity index (χ1v) is 4.70. The summed E-state index contributed by atoms with van der Waals surface area (Å²) in [4.78, 5) is 1.52. The normalized spacial score (nSPS) is 29.1. The van der Waals surface area contributed by atoms with E-state index in [0.717, 1.165) is 18.9 Å². The lowest BCUT2D eigenvalue weighted by molar-refractivity contribution is 0.354. The van der Waals surface area contributed by atoms with Crippen LogP contribution in [0.3, 0.4) is 0 Å². The third-order valence-electron chi connectivity index (χ3n) is 2.46. The lowest BCUT2D eigenvalue weighted by Crippen LogP contribution is -2.34. The Bertz CT molecular complexity index is 282. The maximum atomic E-state index is 4.22. The third kappa shape index (κ3) is 1.85. The average molecular weight is 181 g/mol. The van der Waals surface area contributed by atoms with E-state index in [1.807, 2.05) is 0 Å². The number of nitrogens with zero attached hydrogens (tertiary/aromatic N) is 4. The van der Waals surface area contributed by atoms with E-state index in [9.17, 15) is 0 Å². The Morgan fingerprint density at radius 3 is 2.92 bits per heavy atom. The zero-order valence-electron chi connectivity index (χ0n) is 8.06. The maximum absolute atomic E-state index is 4.22. The van der Waals surface area contributed by atoms with Crippen LogP contribution in [-0.4, -0.2) is 33.3 Å². The Morgan fingerprint density at radius 1 is 1.46 bits per heavy atom. The van der Waals surface area contributed by atoms with Crippen LogP contribution < -0.4 is 5.32 Å². The molecule has 0 aliphatic carbocycles. The van der Waals surface area contributed by atoms with E-state index in [2.05, 4.69) is 27.7 Å². The minimum absolute atomic E-state index is 0.442. The molecule has 5 nitrogen and oxygen atoms in total. The number of hydrogen-bond acceptors (Lipinski definition) is 4. The topological polar surface area (TPSA) is 55.6 Å². The number of aromatic nitrogens is 4. The molecule has 1 saturated heterocycles. The van der Waals surface area contributed by atoms with Gasteiger partial charge in [-0.15, -0.1) is 10.2 Å². The first-order valence-electron chi connectivity index (χ1n) is 4.70. The molecule has 2 rings (SSSR count). The molecule has 5 heteroatoms. The second-order valence-corrected chi connectivity index (χ2v) is 3.83. The fraction of sp³-hybridized carbons (Fsp3) is 0.875. The Hall–Kier alpha value is -0.970. The van der Waals surface area contributed by atoms with Gasteiger partial charge < -0.3 is 5.32 Å². The molecule has 0 aromatic carbocycles. The maximum Gasteiger partial charge on any atom is 0.179 e. The van der Waals surface area contributed by atoms with Gasteiger partial charge in [0.1, 0.15) is 0 Å². The summed E-state index contributed by atoms with van der Waals surface area (Å²) in [6.45, 7) is 4.34. The fourth-order valence-corrected chi connectivity index (χ4v) is 1.82. The number of rotatable bonds is 1. The van der Waals surface area contributed by atoms with E-state index in [1.165, 1.54) is 11.2 Å². The van der Waals surface area contributed by atoms with Gasteiger partial charge in [-0.05, 0) is 24.1 Å². The molecule has 1 aliphatic heterocycles. The number of hydrogen-bond donors (Lipinski definition) is 1. The Labute approximate surface area is 77.5 Å². The number of nitrogens with one attached hydrogen (secondary N) is 1. The SMILES string of the molecule is CC1CNCC(c2nnn(C)n2)C1. The molecule has 0 bridgehead atoms. The van der Waals surface area contributed by atoms with Gasteiger partial charge >= 0.3 is 0 Å². The van der Waals surface area contributed by atoms with Crippen molar-refractivity contribution in [3.63, 3.8) is 0 Å². The standard InChI is InChI=1S/C8H15N5/c1-6-3-7(5-9-4-6)8-10-12-13(2)11-8/h6-7,9H,3-5H2,1-2H3. The van der Waals surface area contributed by atoms with E-state index in [1.54, 1.807) is 7.05 Å². The van der Waals surface area contributed by atoms with Crippen molar-refractivity contribution in [1.82, 2.24) is 25.5 Å². The van der Waals surface area contributed by atoms with Crippen LogP contribution in [0.25, 0.3) is 0 Å². The van der Waals surface area contributed by atoms with Crippen molar-refractivity contribution < 1.29 is 0 Å². The second-order valence-electron chi connectivity index (χ2n) is 3.83. The van der Waals surface area contributed by atoms with Gasteiger partial charge in [-0.2, -0.15) is 4.80 Å². The van der Waals surface area contributed by atoms with Crippen molar-refractivity contribution >= 4 is 0 Å². The minimum atomic E-state index is 0.442. The second kappa shape index (κ2) is 3.41. The van der Waals surface area contributed by atoms with Gasteiger partial charge in [-0.3, -0.25) is 0 Å². The monoisotopic (exact) mass is 181 g/mol. The summed E-state index contributed by atoms with van der Waals surface area (Å²) < 4.78 is 0. The molecule has 2 unspecified atom stereocenters. The highest BCUT2D eigenvalue weighted by molar-refractivity contribution is 4.95. The molecule has 0 spiro atoms. The van der Waals surface area contributed by atoms with E-state index in [4.69, 9.17) is 0 Å². The quantitative estimate of drug-likeness (QED) is 0.658. The molecule has 2 atom stereocenters.